The molecule has 0 aliphatic rings. The van der Waals surface area contributed by atoms with Crippen molar-refractivity contribution in [3.63, 3.8) is 0 Å². The predicted octanol–water partition coefficient (Wildman–Crippen LogP) is 4.06. The van der Waals surface area contributed by atoms with Crippen molar-refractivity contribution in [1.82, 2.24) is 0 Å². The van der Waals surface area contributed by atoms with E-state index in [1.807, 2.05) is 11.4 Å². The second-order valence-corrected chi connectivity index (χ2v) is 5.66. The van der Waals surface area contributed by atoms with Crippen molar-refractivity contribution in [3.05, 3.63) is 56.4 Å². The topological polar surface area (TPSA) is 37.3 Å². The van der Waals surface area contributed by atoms with E-state index in [0.29, 0.717) is 0 Å². The maximum atomic E-state index is 13.7. The third-order valence-corrected chi connectivity index (χ3v) is 4.61. The Bertz CT molecular complexity index is 568. The molecule has 0 aliphatic carbocycles. The Hall–Kier alpha value is -1.20. The summed E-state index contributed by atoms with van der Waals surface area (Å²) in [5.41, 5.74) is 0.227. The molecule has 1 aromatic heterocycles. The molecule has 1 atom stereocenters. The molecule has 0 spiro atoms. The number of aliphatic carboxylic acids is 1. The van der Waals surface area contributed by atoms with Crippen LogP contribution in [0.3, 0.4) is 0 Å². The highest BCUT2D eigenvalue weighted by Gasteiger charge is 2.24. The molecule has 2 aromatic rings. The Morgan fingerprint density at radius 3 is 2.67 bits per heavy atom. The van der Waals surface area contributed by atoms with Gasteiger partial charge < -0.3 is 5.11 Å². The zero-order valence-corrected chi connectivity index (χ0v) is 11.7. The van der Waals surface area contributed by atoms with Crippen LogP contribution in [0, 0.1) is 5.82 Å². The van der Waals surface area contributed by atoms with Crippen LogP contribution >= 0.6 is 27.3 Å². The van der Waals surface area contributed by atoms with Gasteiger partial charge in [0.15, 0.2) is 0 Å². The first-order valence-electron chi connectivity index (χ1n) is 5.28. The van der Waals surface area contributed by atoms with Crippen LogP contribution in [0.5, 0.6) is 0 Å². The highest BCUT2D eigenvalue weighted by Crippen LogP contribution is 2.30. The lowest BCUT2D eigenvalue weighted by Gasteiger charge is -2.13. The van der Waals surface area contributed by atoms with E-state index in [1.54, 1.807) is 12.1 Å². The standard InChI is InChI=1S/C13H10BrFO2S/c14-10-5-6-18-12(10)7-9(13(16)17)8-3-1-2-4-11(8)15/h1-6,9H,7H2,(H,16,17). The maximum absolute atomic E-state index is 13.7. The van der Waals surface area contributed by atoms with Crippen LogP contribution in [0.25, 0.3) is 0 Å². The number of thiophene rings is 1. The smallest absolute Gasteiger partial charge is 0.311 e. The summed E-state index contributed by atoms with van der Waals surface area (Å²) >= 11 is 4.82. The Morgan fingerprint density at radius 2 is 2.11 bits per heavy atom. The van der Waals surface area contributed by atoms with E-state index >= 15 is 0 Å². The van der Waals surface area contributed by atoms with Gasteiger partial charge >= 0.3 is 5.97 Å². The molecule has 0 saturated carbocycles. The summed E-state index contributed by atoms with van der Waals surface area (Å²) in [5.74, 6) is -2.35. The minimum absolute atomic E-state index is 0.227. The summed E-state index contributed by atoms with van der Waals surface area (Å²) in [5, 5.41) is 11.1. The lowest BCUT2D eigenvalue weighted by atomic mass is 9.95. The number of hydrogen-bond donors (Lipinski definition) is 1. The average Bonchev–Trinajstić information content (AvgIpc) is 2.73. The van der Waals surface area contributed by atoms with Gasteiger partial charge in [0.1, 0.15) is 5.82 Å². The number of rotatable bonds is 4. The van der Waals surface area contributed by atoms with E-state index in [0.717, 1.165) is 9.35 Å². The molecule has 2 nitrogen and oxygen atoms in total. The normalized spacial score (nSPS) is 12.3. The summed E-state index contributed by atoms with van der Waals surface area (Å²) in [6.45, 7) is 0. The molecule has 1 N–H and O–H groups in total. The summed E-state index contributed by atoms with van der Waals surface area (Å²) < 4.78 is 14.5. The molecule has 0 aliphatic heterocycles. The molecule has 5 heteroatoms. The zero-order chi connectivity index (χ0) is 13.1. The second kappa shape index (κ2) is 5.63. The number of hydrogen-bond acceptors (Lipinski definition) is 2. The Kier molecular flexibility index (Phi) is 4.14. The van der Waals surface area contributed by atoms with Gasteiger partial charge in [0.2, 0.25) is 0 Å². The molecule has 1 heterocycles. The van der Waals surface area contributed by atoms with Crippen LogP contribution in [-0.2, 0) is 11.2 Å². The monoisotopic (exact) mass is 328 g/mol. The first-order valence-corrected chi connectivity index (χ1v) is 6.96. The maximum Gasteiger partial charge on any atom is 0.311 e. The molecule has 0 saturated heterocycles. The quantitative estimate of drug-likeness (QED) is 0.918. The Morgan fingerprint density at radius 1 is 1.39 bits per heavy atom. The van der Waals surface area contributed by atoms with Gasteiger partial charge in [-0.05, 0) is 33.4 Å². The van der Waals surface area contributed by atoms with Gasteiger partial charge in [-0.15, -0.1) is 11.3 Å². The van der Waals surface area contributed by atoms with Crippen molar-refractivity contribution in [2.75, 3.05) is 0 Å². The van der Waals surface area contributed by atoms with Crippen molar-refractivity contribution in [2.45, 2.75) is 12.3 Å². The Balaban J connectivity index is 2.33. The number of carboxylic acids is 1. The zero-order valence-electron chi connectivity index (χ0n) is 9.27. The summed E-state index contributed by atoms with van der Waals surface area (Å²) in [7, 11) is 0. The van der Waals surface area contributed by atoms with E-state index in [2.05, 4.69) is 15.9 Å². The molecule has 0 amide bonds. The van der Waals surface area contributed by atoms with Crippen molar-refractivity contribution >= 4 is 33.2 Å². The van der Waals surface area contributed by atoms with Crippen LogP contribution in [-0.4, -0.2) is 11.1 Å². The van der Waals surface area contributed by atoms with Gasteiger partial charge in [-0.1, -0.05) is 18.2 Å². The first-order chi connectivity index (χ1) is 8.59. The van der Waals surface area contributed by atoms with E-state index < -0.39 is 17.7 Å². The van der Waals surface area contributed by atoms with Crippen LogP contribution in [0.15, 0.2) is 40.2 Å². The fraction of sp³-hybridized carbons (Fsp3) is 0.154. The van der Waals surface area contributed by atoms with Crippen LogP contribution in [0.4, 0.5) is 4.39 Å². The number of benzene rings is 1. The molecule has 94 valence electrons. The summed E-state index contributed by atoms with van der Waals surface area (Å²) in [4.78, 5) is 12.2. The SMILES string of the molecule is O=C(O)C(Cc1sccc1Br)c1ccccc1F. The highest BCUT2D eigenvalue weighted by atomic mass is 79.9. The molecule has 1 aromatic carbocycles. The molecule has 0 radical (unpaired) electrons. The van der Waals surface area contributed by atoms with Crippen molar-refractivity contribution in [1.29, 1.82) is 0 Å². The molecule has 2 rings (SSSR count). The molecule has 0 fully saturated rings. The van der Waals surface area contributed by atoms with Gasteiger partial charge in [0, 0.05) is 21.3 Å². The number of halogens is 2. The lowest BCUT2D eigenvalue weighted by molar-refractivity contribution is -0.138. The highest BCUT2D eigenvalue weighted by molar-refractivity contribution is 9.10. The van der Waals surface area contributed by atoms with E-state index in [9.17, 15) is 14.3 Å². The van der Waals surface area contributed by atoms with Gasteiger partial charge in [0.25, 0.3) is 0 Å². The van der Waals surface area contributed by atoms with Crippen molar-refractivity contribution < 1.29 is 14.3 Å². The molecule has 1 unspecified atom stereocenters. The van der Waals surface area contributed by atoms with Crippen LogP contribution in [0.1, 0.15) is 16.4 Å². The minimum Gasteiger partial charge on any atom is -0.481 e. The van der Waals surface area contributed by atoms with Gasteiger partial charge in [-0.25, -0.2) is 4.39 Å². The van der Waals surface area contributed by atoms with Crippen molar-refractivity contribution in [2.24, 2.45) is 0 Å². The number of carboxylic acid groups (broad SMARTS) is 1. The Labute approximate surface area is 116 Å². The van der Waals surface area contributed by atoms with Crippen LogP contribution in [0.2, 0.25) is 0 Å². The average molecular weight is 329 g/mol. The lowest BCUT2D eigenvalue weighted by Crippen LogP contribution is -2.15. The van der Waals surface area contributed by atoms with Crippen molar-refractivity contribution in [3.8, 4) is 0 Å². The van der Waals surface area contributed by atoms with E-state index in [-0.39, 0.29) is 12.0 Å². The van der Waals surface area contributed by atoms with Crippen LogP contribution < -0.4 is 0 Å². The largest absolute Gasteiger partial charge is 0.481 e. The molecular formula is C13H10BrFO2S. The third kappa shape index (κ3) is 2.79. The van der Waals surface area contributed by atoms with E-state index in [4.69, 9.17) is 0 Å². The minimum atomic E-state index is -1.01. The second-order valence-electron chi connectivity index (χ2n) is 3.81. The summed E-state index contributed by atoms with van der Waals surface area (Å²) in [6, 6.07) is 7.88. The number of carbonyl (C=O) groups is 1. The van der Waals surface area contributed by atoms with Gasteiger partial charge in [-0.2, -0.15) is 0 Å². The molecule has 0 bridgehead atoms. The van der Waals surface area contributed by atoms with Gasteiger partial charge in [-0.3, -0.25) is 4.79 Å². The third-order valence-electron chi connectivity index (χ3n) is 2.66. The predicted molar refractivity (Wildman–Crippen MR) is 72.5 cm³/mol. The fourth-order valence-electron chi connectivity index (χ4n) is 1.74. The fourth-order valence-corrected chi connectivity index (χ4v) is 3.31. The molecular weight excluding hydrogens is 319 g/mol. The van der Waals surface area contributed by atoms with Gasteiger partial charge in [0.05, 0.1) is 5.92 Å². The summed E-state index contributed by atoms with van der Waals surface area (Å²) in [6.07, 6.45) is 0.286. The first kappa shape index (κ1) is 13.2. The molecule has 18 heavy (non-hydrogen) atoms. The van der Waals surface area contributed by atoms with E-state index in [1.165, 1.54) is 23.5 Å².